The predicted octanol–water partition coefficient (Wildman–Crippen LogP) is 2.56. The highest BCUT2D eigenvalue weighted by atomic mass is 127. The standard InChI is InChI=1S/C16H31N3O2S.HI/c1-4-17-15(18-11-13-7-10-22(20,21)12-13)19-14-5-8-16(2,3)9-6-14;/h13-14H,4-12H2,1-3H3,(H2,17,18,19);1H. The summed E-state index contributed by atoms with van der Waals surface area (Å²) < 4.78 is 23.0. The zero-order valence-corrected chi connectivity index (χ0v) is 17.7. The van der Waals surface area contributed by atoms with Gasteiger partial charge in [-0.2, -0.15) is 0 Å². The van der Waals surface area contributed by atoms with Gasteiger partial charge in [-0.25, -0.2) is 8.42 Å². The molecule has 136 valence electrons. The molecule has 2 N–H and O–H groups in total. The van der Waals surface area contributed by atoms with E-state index >= 15 is 0 Å². The summed E-state index contributed by atoms with van der Waals surface area (Å²) in [7, 11) is -2.81. The number of nitrogens with one attached hydrogen (secondary N) is 2. The van der Waals surface area contributed by atoms with Gasteiger partial charge < -0.3 is 10.6 Å². The van der Waals surface area contributed by atoms with Crippen LogP contribution < -0.4 is 10.6 Å². The monoisotopic (exact) mass is 457 g/mol. The highest BCUT2D eigenvalue weighted by molar-refractivity contribution is 14.0. The van der Waals surface area contributed by atoms with Crippen molar-refractivity contribution in [3.63, 3.8) is 0 Å². The molecule has 2 rings (SSSR count). The molecular weight excluding hydrogens is 425 g/mol. The maximum Gasteiger partial charge on any atom is 0.191 e. The highest BCUT2D eigenvalue weighted by Crippen LogP contribution is 2.34. The van der Waals surface area contributed by atoms with Crippen LogP contribution in [0.3, 0.4) is 0 Å². The van der Waals surface area contributed by atoms with Crippen LogP contribution in [0.5, 0.6) is 0 Å². The molecule has 0 bridgehead atoms. The second kappa shape index (κ2) is 8.87. The smallest absolute Gasteiger partial charge is 0.191 e. The number of hydrogen-bond donors (Lipinski definition) is 2. The molecule has 1 unspecified atom stereocenters. The van der Waals surface area contributed by atoms with Gasteiger partial charge in [-0.15, -0.1) is 24.0 Å². The summed E-state index contributed by atoms with van der Waals surface area (Å²) in [6, 6.07) is 0.484. The Balaban J connectivity index is 0.00000264. The summed E-state index contributed by atoms with van der Waals surface area (Å²) in [6.45, 7) is 8.16. The molecule has 5 nitrogen and oxygen atoms in total. The number of guanidine groups is 1. The lowest BCUT2D eigenvalue weighted by molar-refractivity contribution is 0.216. The summed E-state index contributed by atoms with van der Waals surface area (Å²) in [4.78, 5) is 4.62. The van der Waals surface area contributed by atoms with E-state index in [-0.39, 0.29) is 29.9 Å². The van der Waals surface area contributed by atoms with E-state index in [0.717, 1.165) is 18.9 Å². The van der Waals surface area contributed by atoms with Crippen LogP contribution in [0.15, 0.2) is 4.99 Å². The first-order chi connectivity index (χ1) is 10.3. The highest BCUT2D eigenvalue weighted by Gasteiger charge is 2.29. The van der Waals surface area contributed by atoms with E-state index < -0.39 is 9.84 Å². The summed E-state index contributed by atoms with van der Waals surface area (Å²) in [5, 5.41) is 6.81. The molecule has 0 spiro atoms. The SMILES string of the molecule is CCNC(=NCC1CCS(=O)(=O)C1)NC1CCC(C)(C)CC1.I. The van der Waals surface area contributed by atoms with Gasteiger partial charge in [0.15, 0.2) is 15.8 Å². The van der Waals surface area contributed by atoms with Crippen molar-refractivity contribution in [1.29, 1.82) is 0 Å². The molecule has 0 amide bonds. The molecular formula is C16H32IN3O2S. The average molecular weight is 457 g/mol. The Bertz CT molecular complexity index is 495. The van der Waals surface area contributed by atoms with E-state index in [0.29, 0.717) is 29.5 Å². The largest absolute Gasteiger partial charge is 0.357 e. The Hall–Kier alpha value is -0.0500. The van der Waals surface area contributed by atoms with Crippen molar-refractivity contribution in [2.75, 3.05) is 24.6 Å². The number of nitrogens with zero attached hydrogens (tertiary/aromatic N) is 1. The van der Waals surface area contributed by atoms with Gasteiger partial charge >= 0.3 is 0 Å². The summed E-state index contributed by atoms with van der Waals surface area (Å²) in [6.07, 6.45) is 5.59. The lowest BCUT2D eigenvalue weighted by atomic mass is 9.75. The summed E-state index contributed by atoms with van der Waals surface area (Å²) in [5.41, 5.74) is 0.464. The first-order valence-electron chi connectivity index (χ1n) is 8.55. The fraction of sp³-hybridized carbons (Fsp3) is 0.938. The van der Waals surface area contributed by atoms with Crippen molar-refractivity contribution >= 4 is 39.8 Å². The first kappa shape index (κ1) is 21.0. The number of sulfone groups is 1. The minimum atomic E-state index is -2.81. The van der Waals surface area contributed by atoms with Gasteiger partial charge in [0, 0.05) is 19.1 Å². The number of hydrogen-bond acceptors (Lipinski definition) is 3. The first-order valence-corrected chi connectivity index (χ1v) is 10.4. The van der Waals surface area contributed by atoms with Crippen LogP contribution in [0.2, 0.25) is 0 Å². The molecule has 1 aliphatic carbocycles. The third kappa shape index (κ3) is 7.15. The van der Waals surface area contributed by atoms with Crippen LogP contribution in [-0.2, 0) is 9.84 Å². The normalized spacial score (nSPS) is 27.3. The Morgan fingerprint density at radius 3 is 2.39 bits per heavy atom. The van der Waals surface area contributed by atoms with Crippen molar-refractivity contribution in [2.45, 2.75) is 58.9 Å². The van der Waals surface area contributed by atoms with Crippen LogP contribution in [0.4, 0.5) is 0 Å². The third-order valence-corrected chi connectivity index (χ3v) is 6.70. The van der Waals surface area contributed by atoms with Crippen LogP contribution in [0.25, 0.3) is 0 Å². The lowest BCUT2D eigenvalue weighted by Gasteiger charge is -2.35. The van der Waals surface area contributed by atoms with E-state index in [4.69, 9.17) is 0 Å². The summed E-state index contributed by atoms with van der Waals surface area (Å²) >= 11 is 0. The van der Waals surface area contributed by atoms with Crippen LogP contribution in [0.1, 0.15) is 52.9 Å². The fourth-order valence-corrected chi connectivity index (χ4v) is 5.14. The predicted molar refractivity (Wildman–Crippen MR) is 107 cm³/mol. The number of halogens is 1. The quantitative estimate of drug-likeness (QED) is 0.387. The van der Waals surface area contributed by atoms with Gasteiger partial charge in [0.1, 0.15) is 0 Å². The molecule has 2 fully saturated rings. The zero-order chi connectivity index (χ0) is 16.2. The van der Waals surface area contributed by atoms with Gasteiger partial charge in [-0.1, -0.05) is 13.8 Å². The van der Waals surface area contributed by atoms with Crippen molar-refractivity contribution in [3.05, 3.63) is 0 Å². The second-order valence-corrected chi connectivity index (χ2v) is 9.80. The molecule has 0 aromatic heterocycles. The van der Waals surface area contributed by atoms with Crippen LogP contribution in [-0.4, -0.2) is 45.0 Å². The zero-order valence-electron chi connectivity index (χ0n) is 14.6. The van der Waals surface area contributed by atoms with Gasteiger partial charge in [0.05, 0.1) is 11.5 Å². The van der Waals surface area contributed by atoms with E-state index in [1.165, 1.54) is 25.7 Å². The fourth-order valence-electron chi connectivity index (χ4n) is 3.29. The molecule has 0 aromatic rings. The Morgan fingerprint density at radius 2 is 1.87 bits per heavy atom. The lowest BCUT2D eigenvalue weighted by Crippen LogP contribution is -2.45. The molecule has 2 aliphatic rings. The van der Waals surface area contributed by atoms with Gasteiger partial charge in [0.25, 0.3) is 0 Å². The molecule has 23 heavy (non-hydrogen) atoms. The topological polar surface area (TPSA) is 70.6 Å². The Labute approximate surface area is 158 Å². The second-order valence-electron chi connectivity index (χ2n) is 7.57. The number of rotatable bonds is 4. The van der Waals surface area contributed by atoms with Crippen molar-refractivity contribution < 1.29 is 8.42 Å². The summed E-state index contributed by atoms with van der Waals surface area (Å²) in [5.74, 6) is 1.66. The minimum Gasteiger partial charge on any atom is -0.357 e. The molecule has 1 heterocycles. The van der Waals surface area contributed by atoms with E-state index in [9.17, 15) is 8.42 Å². The molecule has 1 aliphatic heterocycles. The van der Waals surface area contributed by atoms with Gasteiger partial charge in [0.2, 0.25) is 0 Å². The van der Waals surface area contributed by atoms with E-state index in [1.807, 2.05) is 0 Å². The molecule has 1 saturated heterocycles. The third-order valence-electron chi connectivity index (χ3n) is 4.86. The van der Waals surface area contributed by atoms with E-state index in [2.05, 4.69) is 36.4 Å². The minimum absolute atomic E-state index is 0. The van der Waals surface area contributed by atoms with E-state index in [1.54, 1.807) is 0 Å². The number of aliphatic imine (C=N–C) groups is 1. The van der Waals surface area contributed by atoms with Crippen molar-refractivity contribution in [3.8, 4) is 0 Å². The van der Waals surface area contributed by atoms with Crippen LogP contribution >= 0.6 is 24.0 Å². The average Bonchev–Trinajstić information content (AvgIpc) is 2.78. The molecule has 1 saturated carbocycles. The van der Waals surface area contributed by atoms with Gasteiger partial charge in [-0.05, 0) is 50.4 Å². The van der Waals surface area contributed by atoms with Crippen molar-refractivity contribution in [2.24, 2.45) is 16.3 Å². The maximum atomic E-state index is 11.5. The maximum absolute atomic E-state index is 11.5. The van der Waals surface area contributed by atoms with Crippen LogP contribution in [0, 0.1) is 11.3 Å². The Morgan fingerprint density at radius 1 is 1.22 bits per heavy atom. The molecule has 0 radical (unpaired) electrons. The van der Waals surface area contributed by atoms with Gasteiger partial charge in [-0.3, -0.25) is 4.99 Å². The molecule has 0 aromatic carbocycles. The Kier molecular flexibility index (Phi) is 8.10. The van der Waals surface area contributed by atoms with Crippen molar-refractivity contribution in [1.82, 2.24) is 10.6 Å². The molecule has 1 atom stereocenters. The molecule has 7 heteroatoms.